The third-order valence-electron chi connectivity index (χ3n) is 5.16. The fourth-order valence-electron chi connectivity index (χ4n) is 3.94. The van der Waals surface area contributed by atoms with E-state index in [1.165, 1.54) is 17.8 Å². The van der Waals surface area contributed by atoms with Gasteiger partial charge >= 0.3 is 0 Å². The Morgan fingerprint density at radius 3 is 2.62 bits per heavy atom. The monoisotopic (exact) mass is 354 g/mol. The molecular formula is C21H26N2O3. The van der Waals surface area contributed by atoms with Crippen molar-refractivity contribution in [1.82, 2.24) is 10.3 Å². The summed E-state index contributed by atoms with van der Waals surface area (Å²) in [7, 11) is 0. The minimum atomic E-state index is -0.214. The summed E-state index contributed by atoms with van der Waals surface area (Å²) < 4.78 is 5.93. The fourth-order valence-corrected chi connectivity index (χ4v) is 3.94. The Morgan fingerprint density at radius 2 is 1.96 bits per heavy atom. The van der Waals surface area contributed by atoms with Gasteiger partial charge in [-0.25, -0.2) is 0 Å². The number of rotatable bonds is 5. The molecule has 138 valence electrons. The van der Waals surface area contributed by atoms with Crippen LogP contribution >= 0.6 is 0 Å². The van der Waals surface area contributed by atoms with Gasteiger partial charge in [0.05, 0.1) is 11.2 Å². The second-order valence-corrected chi connectivity index (χ2v) is 7.63. The predicted molar refractivity (Wildman–Crippen MR) is 101 cm³/mol. The lowest BCUT2D eigenvalue weighted by molar-refractivity contribution is -0.0838. The van der Waals surface area contributed by atoms with E-state index in [-0.39, 0.29) is 22.5 Å². The standard InChI is InChI=1S/C21H26N2O3/c1-20(2)15-21(11-13-26-20,17-6-4-3-5-7-17)10-12-22-19(25)16-8-9-18(24)23-14-16/h3-9,14H,10-13,15H2,1-2H3,(H,22,25)(H,23,24)/t21-/m0/s1. The summed E-state index contributed by atoms with van der Waals surface area (Å²) >= 11 is 0. The first-order chi connectivity index (χ1) is 12.4. The first-order valence-electron chi connectivity index (χ1n) is 9.07. The zero-order valence-electron chi connectivity index (χ0n) is 15.4. The number of amides is 1. The summed E-state index contributed by atoms with van der Waals surface area (Å²) in [6.07, 6.45) is 4.15. The molecule has 1 aromatic carbocycles. The molecule has 3 rings (SSSR count). The average Bonchev–Trinajstić information content (AvgIpc) is 2.62. The van der Waals surface area contributed by atoms with Gasteiger partial charge in [0.2, 0.25) is 5.56 Å². The molecule has 2 heterocycles. The van der Waals surface area contributed by atoms with Gasteiger partial charge in [-0.3, -0.25) is 9.59 Å². The average molecular weight is 354 g/mol. The van der Waals surface area contributed by atoms with Crippen LogP contribution in [0, 0.1) is 0 Å². The second kappa shape index (κ2) is 7.46. The molecule has 2 aromatic rings. The van der Waals surface area contributed by atoms with E-state index in [1.54, 1.807) is 6.07 Å². The van der Waals surface area contributed by atoms with Crippen molar-refractivity contribution in [3.05, 3.63) is 70.1 Å². The van der Waals surface area contributed by atoms with Gasteiger partial charge in [-0.1, -0.05) is 30.3 Å². The van der Waals surface area contributed by atoms with Crippen LogP contribution in [-0.4, -0.2) is 29.6 Å². The Morgan fingerprint density at radius 1 is 1.19 bits per heavy atom. The van der Waals surface area contributed by atoms with Crippen LogP contribution in [0.3, 0.4) is 0 Å². The molecule has 5 nitrogen and oxygen atoms in total. The number of hydrogen-bond donors (Lipinski definition) is 2. The summed E-state index contributed by atoms with van der Waals surface area (Å²) in [5.41, 5.74) is 1.35. The highest BCUT2D eigenvalue weighted by atomic mass is 16.5. The first kappa shape index (κ1) is 18.4. The largest absolute Gasteiger partial charge is 0.376 e. The third-order valence-corrected chi connectivity index (χ3v) is 5.16. The quantitative estimate of drug-likeness (QED) is 0.867. The van der Waals surface area contributed by atoms with Crippen molar-refractivity contribution in [3.63, 3.8) is 0 Å². The SMILES string of the molecule is CC1(C)C[C@@](CCNC(=O)c2ccc(=O)[nH]c2)(c2ccccc2)CCO1. The van der Waals surface area contributed by atoms with Gasteiger partial charge in [0.1, 0.15) is 0 Å². The molecule has 2 N–H and O–H groups in total. The zero-order valence-corrected chi connectivity index (χ0v) is 15.4. The van der Waals surface area contributed by atoms with Crippen molar-refractivity contribution in [2.75, 3.05) is 13.2 Å². The summed E-state index contributed by atoms with van der Waals surface area (Å²) in [6.45, 7) is 5.55. The highest BCUT2D eigenvalue weighted by Gasteiger charge is 2.41. The molecular weight excluding hydrogens is 328 g/mol. The maximum atomic E-state index is 12.3. The minimum Gasteiger partial charge on any atom is -0.376 e. The number of carbonyl (C=O) groups is 1. The van der Waals surface area contributed by atoms with Crippen LogP contribution in [0.5, 0.6) is 0 Å². The summed E-state index contributed by atoms with van der Waals surface area (Å²) in [6, 6.07) is 13.4. The van der Waals surface area contributed by atoms with E-state index in [0.717, 1.165) is 25.9 Å². The predicted octanol–water partition coefficient (Wildman–Crippen LogP) is 3.02. The number of aromatic amines is 1. The number of pyridine rings is 1. The smallest absolute Gasteiger partial charge is 0.252 e. The molecule has 1 aliphatic heterocycles. The Labute approximate surface area is 153 Å². The molecule has 1 fully saturated rings. The molecule has 1 saturated heterocycles. The van der Waals surface area contributed by atoms with Gasteiger partial charge in [0.15, 0.2) is 0 Å². The van der Waals surface area contributed by atoms with Crippen LogP contribution in [0.1, 0.15) is 49.0 Å². The lowest BCUT2D eigenvalue weighted by atomic mass is 9.67. The highest BCUT2D eigenvalue weighted by molar-refractivity contribution is 5.93. The van der Waals surface area contributed by atoms with E-state index < -0.39 is 0 Å². The summed E-state index contributed by atoms with van der Waals surface area (Å²) in [5.74, 6) is -0.171. The Kier molecular flexibility index (Phi) is 5.28. The molecule has 0 spiro atoms. The first-order valence-corrected chi connectivity index (χ1v) is 9.07. The van der Waals surface area contributed by atoms with Crippen LogP contribution < -0.4 is 10.9 Å². The topological polar surface area (TPSA) is 71.2 Å². The van der Waals surface area contributed by atoms with E-state index >= 15 is 0 Å². The van der Waals surface area contributed by atoms with E-state index in [0.29, 0.717) is 12.1 Å². The zero-order chi connectivity index (χ0) is 18.6. The van der Waals surface area contributed by atoms with Crippen molar-refractivity contribution < 1.29 is 9.53 Å². The van der Waals surface area contributed by atoms with Crippen molar-refractivity contribution in [2.24, 2.45) is 0 Å². The number of H-pyrrole nitrogens is 1. The van der Waals surface area contributed by atoms with Gasteiger partial charge < -0.3 is 15.0 Å². The maximum Gasteiger partial charge on any atom is 0.252 e. The van der Waals surface area contributed by atoms with Crippen molar-refractivity contribution in [1.29, 1.82) is 0 Å². The van der Waals surface area contributed by atoms with Gasteiger partial charge in [-0.05, 0) is 44.7 Å². The van der Waals surface area contributed by atoms with Gasteiger partial charge in [-0.15, -0.1) is 0 Å². The molecule has 0 saturated carbocycles. The van der Waals surface area contributed by atoms with Crippen LogP contribution in [0.2, 0.25) is 0 Å². The second-order valence-electron chi connectivity index (χ2n) is 7.63. The van der Waals surface area contributed by atoms with Gasteiger partial charge in [0.25, 0.3) is 5.91 Å². The lowest BCUT2D eigenvalue weighted by Crippen LogP contribution is -2.45. The summed E-state index contributed by atoms with van der Waals surface area (Å²) in [4.78, 5) is 26.0. The molecule has 1 amide bonds. The molecule has 1 atom stereocenters. The normalized spacial score (nSPS) is 21.9. The minimum absolute atomic E-state index is 0.0126. The van der Waals surface area contributed by atoms with Gasteiger partial charge in [0, 0.05) is 30.8 Å². The van der Waals surface area contributed by atoms with Crippen LogP contribution in [0.4, 0.5) is 0 Å². The molecule has 0 bridgehead atoms. The number of benzene rings is 1. The number of ether oxygens (including phenoxy) is 1. The van der Waals surface area contributed by atoms with Crippen LogP contribution in [0.15, 0.2) is 53.5 Å². The molecule has 1 aromatic heterocycles. The Balaban J connectivity index is 1.72. The van der Waals surface area contributed by atoms with Crippen LogP contribution in [0.25, 0.3) is 0 Å². The molecule has 5 heteroatoms. The number of carbonyl (C=O) groups excluding carboxylic acids is 1. The molecule has 0 unspecified atom stereocenters. The van der Waals surface area contributed by atoms with Crippen molar-refractivity contribution >= 4 is 5.91 Å². The fraction of sp³-hybridized carbons (Fsp3) is 0.429. The lowest BCUT2D eigenvalue weighted by Gasteiger charge is -2.45. The number of hydrogen-bond acceptors (Lipinski definition) is 3. The van der Waals surface area contributed by atoms with E-state index in [1.807, 2.05) is 6.07 Å². The molecule has 0 aliphatic carbocycles. The van der Waals surface area contributed by atoms with Crippen molar-refractivity contribution in [2.45, 2.75) is 44.1 Å². The van der Waals surface area contributed by atoms with E-state index in [9.17, 15) is 9.59 Å². The number of nitrogens with one attached hydrogen (secondary N) is 2. The van der Waals surface area contributed by atoms with Crippen molar-refractivity contribution in [3.8, 4) is 0 Å². The Bertz CT molecular complexity index is 793. The molecule has 1 aliphatic rings. The van der Waals surface area contributed by atoms with E-state index in [4.69, 9.17) is 4.74 Å². The van der Waals surface area contributed by atoms with Gasteiger partial charge in [-0.2, -0.15) is 0 Å². The Hall–Kier alpha value is -2.40. The third kappa shape index (κ3) is 4.22. The maximum absolute atomic E-state index is 12.3. The number of aromatic nitrogens is 1. The summed E-state index contributed by atoms with van der Waals surface area (Å²) in [5, 5.41) is 2.99. The van der Waals surface area contributed by atoms with E-state index in [2.05, 4.69) is 48.4 Å². The highest BCUT2D eigenvalue weighted by Crippen LogP contribution is 2.43. The molecule has 0 radical (unpaired) electrons. The molecule has 26 heavy (non-hydrogen) atoms. The van der Waals surface area contributed by atoms with Crippen LogP contribution in [-0.2, 0) is 10.2 Å².